The van der Waals surface area contributed by atoms with Crippen LogP contribution in [0.2, 0.25) is 0 Å². The summed E-state index contributed by atoms with van der Waals surface area (Å²) >= 11 is 0. The first-order valence-corrected chi connectivity index (χ1v) is 4.49. The predicted octanol–water partition coefficient (Wildman–Crippen LogP) is 1.16. The highest BCUT2D eigenvalue weighted by Gasteiger charge is 2.10. The van der Waals surface area contributed by atoms with Gasteiger partial charge in [0.15, 0.2) is 5.76 Å². The van der Waals surface area contributed by atoms with Crippen LogP contribution in [0, 0.1) is 0 Å². The number of carbonyl (C=O) groups is 2. The van der Waals surface area contributed by atoms with Gasteiger partial charge in [0.2, 0.25) is 0 Å². The molecule has 1 rings (SSSR count). The number of rotatable bonds is 4. The molecule has 0 atom stereocenters. The third-order valence-electron chi connectivity index (χ3n) is 1.73. The van der Waals surface area contributed by atoms with Crippen molar-refractivity contribution in [2.75, 3.05) is 6.54 Å². The molecule has 0 unspecified atom stereocenters. The highest BCUT2D eigenvalue weighted by atomic mass is 16.3. The van der Waals surface area contributed by atoms with E-state index < -0.39 is 0 Å². The number of hydrogen-bond acceptors (Lipinski definition) is 3. The highest BCUT2D eigenvalue weighted by Crippen LogP contribution is 2.07. The summed E-state index contributed by atoms with van der Waals surface area (Å²) in [6, 6.07) is 3.36. The summed E-state index contributed by atoms with van der Waals surface area (Å²) in [5, 5.41) is 2.45. The molecule has 4 nitrogen and oxygen atoms in total. The molecule has 0 spiro atoms. The van der Waals surface area contributed by atoms with Gasteiger partial charge in [0.1, 0.15) is 11.5 Å². The van der Waals surface area contributed by atoms with Gasteiger partial charge in [-0.25, -0.2) is 0 Å². The first kappa shape index (κ1) is 10.5. The lowest BCUT2D eigenvalue weighted by molar-refractivity contribution is -0.116. The van der Waals surface area contributed by atoms with Gasteiger partial charge < -0.3 is 9.73 Å². The number of ketones is 1. The SMILES string of the molecule is CCc1ccc(C(=O)NCC(C)=O)o1. The number of Topliss-reactive ketones (excluding diaryl/α,β-unsaturated/α-hetero) is 1. The number of hydrogen-bond donors (Lipinski definition) is 1. The summed E-state index contributed by atoms with van der Waals surface area (Å²) < 4.78 is 5.20. The monoisotopic (exact) mass is 195 g/mol. The number of furan rings is 1. The van der Waals surface area contributed by atoms with Gasteiger partial charge in [0.25, 0.3) is 5.91 Å². The molecule has 1 aromatic rings. The standard InChI is InChI=1S/C10H13NO3/c1-3-8-4-5-9(14-8)10(13)11-6-7(2)12/h4-5H,3,6H2,1-2H3,(H,11,13). The highest BCUT2D eigenvalue weighted by molar-refractivity contribution is 5.94. The summed E-state index contributed by atoms with van der Waals surface area (Å²) in [4.78, 5) is 21.9. The molecule has 76 valence electrons. The molecule has 1 heterocycles. The van der Waals surface area contributed by atoms with Crippen LogP contribution in [0.3, 0.4) is 0 Å². The van der Waals surface area contributed by atoms with E-state index >= 15 is 0 Å². The normalized spacial score (nSPS) is 9.86. The zero-order chi connectivity index (χ0) is 10.6. The Morgan fingerprint density at radius 1 is 1.43 bits per heavy atom. The molecule has 4 heteroatoms. The van der Waals surface area contributed by atoms with Crippen LogP contribution in [-0.2, 0) is 11.2 Å². The van der Waals surface area contributed by atoms with Crippen LogP contribution in [0.1, 0.15) is 30.2 Å². The number of carbonyl (C=O) groups excluding carboxylic acids is 2. The summed E-state index contributed by atoms with van der Waals surface area (Å²) in [7, 11) is 0. The lowest BCUT2D eigenvalue weighted by Crippen LogP contribution is -2.27. The molecule has 0 aromatic carbocycles. The Labute approximate surface area is 82.3 Å². The second-order valence-corrected chi connectivity index (χ2v) is 3.00. The van der Waals surface area contributed by atoms with Crippen LogP contribution >= 0.6 is 0 Å². The number of nitrogens with one attached hydrogen (secondary N) is 1. The summed E-state index contributed by atoms with van der Waals surface area (Å²) in [5.41, 5.74) is 0. The molecular weight excluding hydrogens is 182 g/mol. The molecule has 0 radical (unpaired) electrons. The van der Waals surface area contributed by atoms with Gasteiger partial charge in [-0.2, -0.15) is 0 Å². The van der Waals surface area contributed by atoms with Crippen molar-refractivity contribution in [3.8, 4) is 0 Å². The van der Waals surface area contributed by atoms with Crippen LogP contribution in [0.15, 0.2) is 16.5 Å². The van der Waals surface area contributed by atoms with Crippen molar-refractivity contribution >= 4 is 11.7 Å². The fourth-order valence-corrected chi connectivity index (χ4v) is 0.982. The first-order valence-electron chi connectivity index (χ1n) is 4.49. The van der Waals surface area contributed by atoms with Crippen LogP contribution in [0.25, 0.3) is 0 Å². The minimum Gasteiger partial charge on any atom is -0.456 e. The molecule has 1 amide bonds. The Morgan fingerprint density at radius 2 is 2.14 bits per heavy atom. The maximum atomic E-state index is 11.3. The van der Waals surface area contributed by atoms with Crippen molar-refractivity contribution in [1.82, 2.24) is 5.32 Å². The fourth-order valence-electron chi connectivity index (χ4n) is 0.982. The molecular formula is C10H13NO3. The van der Waals surface area contributed by atoms with Crippen LogP contribution < -0.4 is 5.32 Å². The van der Waals surface area contributed by atoms with E-state index in [1.807, 2.05) is 6.92 Å². The minimum absolute atomic E-state index is 0.0427. The van der Waals surface area contributed by atoms with Gasteiger partial charge in [-0.05, 0) is 19.1 Å². The topological polar surface area (TPSA) is 59.3 Å². The third-order valence-corrected chi connectivity index (χ3v) is 1.73. The molecule has 0 aliphatic rings. The van der Waals surface area contributed by atoms with Crippen LogP contribution in [-0.4, -0.2) is 18.2 Å². The van der Waals surface area contributed by atoms with E-state index in [0.717, 1.165) is 12.2 Å². The second-order valence-electron chi connectivity index (χ2n) is 3.00. The third kappa shape index (κ3) is 2.73. The molecule has 0 bridgehead atoms. The van der Waals surface area contributed by atoms with Gasteiger partial charge in [-0.15, -0.1) is 0 Å². The van der Waals surface area contributed by atoms with Crippen molar-refractivity contribution in [1.29, 1.82) is 0 Å². The second kappa shape index (κ2) is 4.60. The average molecular weight is 195 g/mol. The van der Waals surface area contributed by atoms with Gasteiger partial charge >= 0.3 is 0 Å². The van der Waals surface area contributed by atoms with E-state index in [1.165, 1.54) is 6.92 Å². The van der Waals surface area contributed by atoms with Crippen LogP contribution in [0.4, 0.5) is 0 Å². The predicted molar refractivity (Wildman–Crippen MR) is 51.1 cm³/mol. The van der Waals surface area contributed by atoms with Crippen molar-refractivity contribution < 1.29 is 14.0 Å². The van der Waals surface area contributed by atoms with Crippen molar-refractivity contribution in [2.24, 2.45) is 0 Å². The van der Waals surface area contributed by atoms with Gasteiger partial charge in [-0.3, -0.25) is 9.59 Å². The Balaban J connectivity index is 2.56. The van der Waals surface area contributed by atoms with Crippen LogP contribution in [0.5, 0.6) is 0 Å². The van der Waals surface area contributed by atoms with E-state index in [-0.39, 0.29) is 24.0 Å². The molecule has 1 aromatic heterocycles. The maximum absolute atomic E-state index is 11.3. The zero-order valence-corrected chi connectivity index (χ0v) is 8.29. The van der Waals surface area contributed by atoms with Crippen molar-refractivity contribution in [3.05, 3.63) is 23.7 Å². The number of aryl methyl sites for hydroxylation is 1. The molecule has 14 heavy (non-hydrogen) atoms. The van der Waals surface area contributed by atoms with E-state index in [2.05, 4.69) is 5.32 Å². The smallest absolute Gasteiger partial charge is 0.287 e. The maximum Gasteiger partial charge on any atom is 0.287 e. The average Bonchev–Trinajstić information content (AvgIpc) is 2.62. The first-order chi connectivity index (χ1) is 6.63. The molecule has 0 aliphatic heterocycles. The van der Waals surface area contributed by atoms with Crippen molar-refractivity contribution in [2.45, 2.75) is 20.3 Å². The van der Waals surface area contributed by atoms with E-state index in [1.54, 1.807) is 12.1 Å². The van der Waals surface area contributed by atoms with Gasteiger partial charge in [0, 0.05) is 6.42 Å². The molecule has 0 aliphatic carbocycles. The fraction of sp³-hybridized carbons (Fsp3) is 0.400. The Hall–Kier alpha value is -1.58. The molecule has 0 saturated heterocycles. The van der Waals surface area contributed by atoms with E-state index in [4.69, 9.17) is 4.42 Å². The van der Waals surface area contributed by atoms with Gasteiger partial charge in [-0.1, -0.05) is 6.92 Å². The Morgan fingerprint density at radius 3 is 2.64 bits per heavy atom. The summed E-state index contributed by atoms with van der Waals surface area (Å²) in [5.74, 6) is 0.585. The molecule has 1 N–H and O–H groups in total. The summed E-state index contributed by atoms with van der Waals surface area (Å²) in [6.45, 7) is 3.40. The summed E-state index contributed by atoms with van der Waals surface area (Å²) in [6.07, 6.45) is 0.750. The van der Waals surface area contributed by atoms with E-state index in [9.17, 15) is 9.59 Å². The lowest BCUT2D eigenvalue weighted by atomic mass is 10.3. The van der Waals surface area contributed by atoms with Crippen molar-refractivity contribution in [3.63, 3.8) is 0 Å². The lowest BCUT2D eigenvalue weighted by Gasteiger charge is -1.98. The number of amides is 1. The quantitative estimate of drug-likeness (QED) is 0.784. The van der Waals surface area contributed by atoms with Gasteiger partial charge in [0.05, 0.1) is 6.54 Å². The minimum atomic E-state index is -0.347. The van der Waals surface area contributed by atoms with E-state index in [0.29, 0.717) is 0 Å². The molecule has 0 saturated carbocycles. The largest absolute Gasteiger partial charge is 0.456 e. The molecule has 0 fully saturated rings. The Bertz CT molecular complexity index is 341. The Kier molecular flexibility index (Phi) is 3.45. The zero-order valence-electron chi connectivity index (χ0n) is 8.29.